The quantitative estimate of drug-likeness (QED) is 0.790. The number of hydrogen-bond acceptors (Lipinski definition) is 4. The van der Waals surface area contributed by atoms with Gasteiger partial charge in [0.05, 0.1) is 22.4 Å². The summed E-state index contributed by atoms with van der Waals surface area (Å²) in [7, 11) is 0. The zero-order valence-electron chi connectivity index (χ0n) is 9.73. The summed E-state index contributed by atoms with van der Waals surface area (Å²) in [5.74, 6) is -0.241. The van der Waals surface area contributed by atoms with Crippen LogP contribution in [0, 0.1) is 5.82 Å². The van der Waals surface area contributed by atoms with Gasteiger partial charge in [0.2, 0.25) is 0 Å². The number of anilines is 1. The molecule has 0 aliphatic carbocycles. The van der Waals surface area contributed by atoms with Crippen LogP contribution in [0.2, 0.25) is 5.02 Å². The lowest BCUT2D eigenvalue weighted by Gasteiger charge is -2.09. The summed E-state index contributed by atoms with van der Waals surface area (Å²) in [6.07, 6.45) is 0. The number of aromatic nitrogens is 2. The minimum absolute atomic E-state index is 0.241. The summed E-state index contributed by atoms with van der Waals surface area (Å²) in [6, 6.07) is 10.2. The molecule has 1 aromatic heterocycles. The van der Waals surface area contributed by atoms with Crippen LogP contribution in [-0.4, -0.2) is 8.75 Å². The normalized spacial score (nSPS) is 10.8. The molecule has 0 aliphatic heterocycles. The molecule has 0 spiro atoms. The maximum atomic E-state index is 13.5. The molecule has 0 aliphatic rings. The smallest absolute Gasteiger partial charge is 0.129 e. The van der Waals surface area contributed by atoms with Crippen molar-refractivity contribution in [2.24, 2.45) is 0 Å². The number of rotatable bonds is 3. The van der Waals surface area contributed by atoms with E-state index in [0.29, 0.717) is 28.3 Å². The van der Waals surface area contributed by atoms with Gasteiger partial charge >= 0.3 is 0 Å². The number of nitrogens with zero attached hydrogens (tertiary/aromatic N) is 2. The Morgan fingerprint density at radius 1 is 1.16 bits per heavy atom. The van der Waals surface area contributed by atoms with Crippen molar-refractivity contribution in [3.8, 4) is 0 Å². The van der Waals surface area contributed by atoms with E-state index in [1.165, 1.54) is 6.07 Å². The molecule has 0 bridgehead atoms. The fraction of sp³-hybridized carbons (Fsp3) is 0.0769. The molecule has 3 nitrogen and oxygen atoms in total. The van der Waals surface area contributed by atoms with Crippen molar-refractivity contribution in [1.82, 2.24) is 8.75 Å². The lowest BCUT2D eigenvalue weighted by Crippen LogP contribution is -2.02. The molecule has 1 N–H and O–H groups in total. The zero-order chi connectivity index (χ0) is 13.2. The Morgan fingerprint density at radius 3 is 2.84 bits per heavy atom. The van der Waals surface area contributed by atoms with Crippen molar-refractivity contribution >= 4 is 40.0 Å². The molecule has 0 unspecified atom stereocenters. The molecule has 0 atom stereocenters. The van der Waals surface area contributed by atoms with Crippen LogP contribution in [0.15, 0.2) is 36.4 Å². The summed E-state index contributed by atoms with van der Waals surface area (Å²) in [5, 5.41) is 3.68. The first kappa shape index (κ1) is 12.3. The van der Waals surface area contributed by atoms with Gasteiger partial charge < -0.3 is 5.32 Å². The Balaban J connectivity index is 1.92. The van der Waals surface area contributed by atoms with Crippen LogP contribution in [0.5, 0.6) is 0 Å². The fourth-order valence-electron chi connectivity index (χ4n) is 1.82. The summed E-state index contributed by atoms with van der Waals surface area (Å²) in [5.41, 5.74) is 2.77. The maximum Gasteiger partial charge on any atom is 0.129 e. The van der Waals surface area contributed by atoms with E-state index in [2.05, 4.69) is 14.1 Å². The fourth-order valence-corrected chi connectivity index (χ4v) is 2.58. The van der Waals surface area contributed by atoms with Crippen LogP contribution in [-0.2, 0) is 6.54 Å². The van der Waals surface area contributed by atoms with E-state index >= 15 is 0 Å². The molecule has 3 aromatic rings. The predicted molar refractivity (Wildman–Crippen MR) is 76.2 cm³/mol. The average molecular weight is 294 g/mol. The molecule has 0 saturated carbocycles. The third-order valence-corrected chi connectivity index (χ3v) is 3.65. The van der Waals surface area contributed by atoms with E-state index in [4.69, 9.17) is 11.6 Å². The number of benzene rings is 2. The van der Waals surface area contributed by atoms with Gasteiger partial charge in [-0.25, -0.2) is 4.39 Å². The van der Waals surface area contributed by atoms with Crippen LogP contribution in [0.3, 0.4) is 0 Å². The van der Waals surface area contributed by atoms with Crippen LogP contribution in [0.4, 0.5) is 10.1 Å². The second-order valence-corrected chi connectivity index (χ2v) is 4.93. The van der Waals surface area contributed by atoms with Crippen molar-refractivity contribution in [1.29, 1.82) is 0 Å². The van der Waals surface area contributed by atoms with Gasteiger partial charge in [-0.05, 0) is 18.2 Å². The van der Waals surface area contributed by atoms with E-state index in [1.807, 2.05) is 6.07 Å². The van der Waals surface area contributed by atoms with Gasteiger partial charge in [0.25, 0.3) is 0 Å². The van der Waals surface area contributed by atoms with Crippen LogP contribution >= 0.6 is 23.3 Å². The molecular formula is C13H9ClFN3S. The first-order valence-corrected chi connectivity index (χ1v) is 6.74. The highest BCUT2D eigenvalue weighted by atomic mass is 35.5. The summed E-state index contributed by atoms with van der Waals surface area (Å²) >= 11 is 7.27. The van der Waals surface area contributed by atoms with E-state index < -0.39 is 0 Å². The van der Waals surface area contributed by atoms with E-state index in [0.717, 1.165) is 17.2 Å². The van der Waals surface area contributed by atoms with Gasteiger partial charge in [0.15, 0.2) is 0 Å². The van der Waals surface area contributed by atoms with Gasteiger partial charge in [0.1, 0.15) is 16.9 Å². The maximum absolute atomic E-state index is 13.5. The van der Waals surface area contributed by atoms with Crippen LogP contribution in [0.25, 0.3) is 11.0 Å². The Kier molecular flexibility index (Phi) is 3.31. The number of nitrogens with one attached hydrogen (secondary N) is 1. The van der Waals surface area contributed by atoms with Gasteiger partial charge in [-0.2, -0.15) is 8.75 Å². The van der Waals surface area contributed by atoms with Gasteiger partial charge in [-0.3, -0.25) is 0 Å². The molecule has 3 rings (SSSR count). The molecular weight excluding hydrogens is 285 g/mol. The third-order valence-electron chi connectivity index (χ3n) is 2.79. The molecule has 19 heavy (non-hydrogen) atoms. The van der Waals surface area contributed by atoms with E-state index in [1.54, 1.807) is 24.3 Å². The summed E-state index contributed by atoms with van der Waals surface area (Å²) < 4.78 is 21.9. The van der Waals surface area contributed by atoms with E-state index in [-0.39, 0.29) is 5.82 Å². The molecule has 1 heterocycles. The standard InChI is InChI=1S/C13H9ClFN3S/c14-9-5-6-11-13(18-19-17-11)12(9)16-7-8-3-1-2-4-10(8)15/h1-6,16H,7H2. The van der Waals surface area contributed by atoms with Crippen molar-refractivity contribution in [2.75, 3.05) is 5.32 Å². The van der Waals surface area contributed by atoms with Crippen molar-refractivity contribution in [3.63, 3.8) is 0 Å². The average Bonchev–Trinajstić information content (AvgIpc) is 2.88. The number of halogens is 2. The largest absolute Gasteiger partial charge is 0.378 e. The molecule has 0 fully saturated rings. The summed E-state index contributed by atoms with van der Waals surface area (Å²) in [6.45, 7) is 0.350. The van der Waals surface area contributed by atoms with Gasteiger partial charge in [0, 0.05) is 12.1 Å². The Bertz CT molecular complexity index is 729. The van der Waals surface area contributed by atoms with Gasteiger partial charge in [-0.1, -0.05) is 29.8 Å². The van der Waals surface area contributed by atoms with Crippen molar-refractivity contribution in [2.45, 2.75) is 6.54 Å². The minimum Gasteiger partial charge on any atom is -0.378 e. The molecule has 2 aromatic carbocycles. The Hall–Kier alpha value is -1.72. The van der Waals surface area contributed by atoms with Crippen molar-refractivity contribution in [3.05, 3.63) is 52.8 Å². The lowest BCUT2D eigenvalue weighted by atomic mass is 10.2. The molecule has 0 radical (unpaired) electrons. The molecule has 0 saturated heterocycles. The topological polar surface area (TPSA) is 37.8 Å². The molecule has 6 heteroatoms. The second kappa shape index (κ2) is 5.11. The number of hydrogen-bond donors (Lipinski definition) is 1. The zero-order valence-corrected chi connectivity index (χ0v) is 11.3. The monoisotopic (exact) mass is 293 g/mol. The molecule has 96 valence electrons. The molecule has 0 amide bonds. The first-order valence-electron chi connectivity index (χ1n) is 5.64. The number of fused-ring (bicyclic) bond motifs is 1. The summed E-state index contributed by atoms with van der Waals surface area (Å²) in [4.78, 5) is 0. The SMILES string of the molecule is Fc1ccccc1CNc1c(Cl)ccc2nsnc12. The van der Waals surface area contributed by atoms with Crippen molar-refractivity contribution < 1.29 is 4.39 Å². The van der Waals surface area contributed by atoms with Crippen LogP contribution < -0.4 is 5.32 Å². The highest BCUT2D eigenvalue weighted by Gasteiger charge is 2.10. The Morgan fingerprint density at radius 2 is 2.00 bits per heavy atom. The highest BCUT2D eigenvalue weighted by Crippen LogP contribution is 2.30. The minimum atomic E-state index is -0.241. The lowest BCUT2D eigenvalue weighted by molar-refractivity contribution is 0.613. The predicted octanol–water partition coefficient (Wildman–Crippen LogP) is 4.10. The van der Waals surface area contributed by atoms with E-state index in [9.17, 15) is 4.39 Å². The second-order valence-electron chi connectivity index (χ2n) is 4.00. The highest BCUT2D eigenvalue weighted by molar-refractivity contribution is 7.00. The van der Waals surface area contributed by atoms with Crippen LogP contribution in [0.1, 0.15) is 5.56 Å². The first-order chi connectivity index (χ1) is 9.25. The van der Waals surface area contributed by atoms with Gasteiger partial charge in [-0.15, -0.1) is 0 Å². The third kappa shape index (κ3) is 2.39. The Labute approximate surface area is 118 Å².